The van der Waals surface area contributed by atoms with E-state index in [0.29, 0.717) is 6.04 Å². The topological polar surface area (TPSA) is 29.3 Å². The molecule has 3 rings (SSSR count). The summed E-state index contributed by atoms with van der Waals surface area (Å²) >= 11 is 0. The van der Waals surface area contributed by atoms with E-state index in [1.165, 1.54) is 44.3 Å². The Morgan fingerprint density at radius 1 is 1.11 bits per heavy atom. The molecule has 18 heavy (non-hydrogen) atoms. The van der Waals surface area contributed by atoms with Gasteiger partial charge in [0.2, 0.25) is 0 Å². The highest BCUT2D eigenvalue weighted by Crippen LogP contribution is 2.35. The van der Waals surface area contributed by atoms with Crippen LogP contribution < -0.4 is 5.73 Å². The van der Waals surface area contributed by atoms with Crippen LogP contribution in [0.25, 0.3) is 0 Å². The molecule has 2 fully saturated rings. The van der Waals surface area contributed by atoms with Crippen LogP contribution in [-0.4, -0.2) is 30.6 Å². The molecule has 0 aromatic heterocycles. The molecule has 2 heteroatoms. The van der Waals surface area contributed by atoms with Gasteiger partial charge < -0.3 is 5.73 Å². The first-order chi connectivity index (χ1) is 8.88. The summed E-state index contributed by atoms with van der Waals surface area (Å²) in [7, 11) is 0. The molecule has 1 atom stereocenters. The molecule has 1 saturated carbocycles. The normalized spacial score (nSPS) is 24.1. The van der Waals surface area contributed by atoms with Crippen LogP contribution in [0.3, 0.4) is 0 Å². The summed E-state index contributed by atoms with van der Waals surface area (Å²) in [5.74, 6) is 1.60. The molecule has 1 aliphatic heterocycles. The van der Waals surface area contributed by atoms with E-state index < -0.39 is 0 Å². The third-order valence-electron chi connectivity index (χ3n) is 4.84. The van der Waals surface area contributed by atoms with Crippen LogP contribution >= 0.6 is 0 Å². The van der Waals surface area contributed by atoms with Crippen molar-refractivity contribution in [3.63, 3.8) is 0 Å². The molecule has 1 heterocycles. The standard InChI is InChI=1S/C16H24N2/c17-10-16(14-8-4-5-9-14)18-11-15(12-18)13-6-2-1-3-7-13/h1-3,6-7,14-16H,4-5,8-12,17H2. The molecular formula is C16H24N2. The minimum atomic E-state index is 0.646. The van der Waals surface area contributed by atoms with E-state index in [-0.39, 0.29) is 0 Å². The fraction of sp³-hybridized carbons (Fsp3) is 0.625. The Morgan fingerprint density at radius 2 is 1.78 bits per heavy atom. The average Bonchev–Trinajstić information content (AvgIpc) is 2.87. The fourth-order valence-electron chi connectivity index (χ4n) is 3.70. The molecule has 1 aromatic carbocycles. The molecule has 2 aliphatic rings. The summed E-state index contributed by atoms with van der Waals surface area (Å²) in [6.07, 6.45) is 5.62. The maximum absolute atomic E-state index is 6.01. The number of likely N-dealkylation sites (tertiary alicyclic amines) is 1. The molecule has 0 spiro atoms. The Labute approximate surface area is 110 Å². The second-order valence-corrected chi connectivity index (χ2v) is 5.91. The van der Waals surface area contributed by atoms with Crippen LogP contribution in [-0.2, 0) is 0 Å². The first-order valence-electron chi connectivity index (χ1n) is 7.37. The summed E-state index contributed by atoms with van der Waals surface area (Å²) in [6, 6.07) is 11.6. The van der Waals surface area contributed by atoms with Crippen molar-refractivity contribution in [2.75, 3.05) is 19.6 Å². The Hall–Kier alpha value is -0.860. The second kappa shape index (κ2) is 5.41. The zero-order chi connectivity index (χ0) is 12.4. The third kappa shape index (κ3) is 2.32. The smallest absolute Gasteiger partial charge is 0.0247 e. The van der Waals surface area contributed by atoms with Gasteiger partial charge in [-0.3, -0.25) is 4.90 Å². The van der Waals surface area contributed by atoms with Gasteiger partial charge in [0.1, 0.15) is 0 Å². The Balaban J connectivity index is 1.57. The minimum Gasteiger partial charge on any atom is -0.329 e. The summed E-state index contributed by atoms with van der Waals surface area (Å²) < 4.78 is 0. The van der Waals surface area contributed by atoms with Gasteiger partial charge in [-0.1, -0.05) is 43.2 Å². The first kappa shape index (κ1) is 12.2. The molecule has 1 unspecified atom stereocenters. The average molecular weight is 244 g/mol. The van der Waals surface area contributed by atoms with Crippen molar-refractivity contribution in [3.05, 3.63) is 35.9 Å². The quantitative estimate of drug-likeness (QED) is 0.882. The highest BCUT2D eigenvalue weighted by molar-refractivity contribution is 5.23. The van der Waals surface area contributed by atoms with Crippen molar-refractivity contribution in [3.8, 4) is 0 Å². The monoisotopic (exact) mass is 244 g/mol. The van der Waals surface area contributed by atoms with Crippen molar-refractivity contribution in [1.29, 1.82) is 0 Å². The van der Waals surface area contributed by atoms with Gasteiger partial charge >= 0.3 is 0 Å². The molecular weight excluding hydrogens is 220 g/mol. The van der Waals surface area contributed by atoms with Crippen molar-refractivity contribution >= 4 is 0 Å². The maximum atomic E-state index is 6.01. The number of hydrogen-bond acceptors (Lipinski definition) is 2. The lowest BCUT2D eigenvalue weighted by Crippen LogP contribution is -2.55. The van der Waals surface area contributed by atoms with Crippen LogP contribution in [0.2, 0.25) is 0 Å². The molecule has 2 N–H and O–H groups in total. The van der Waals surface area contributed by atoms with Gasteiger partial charge in [0.15, 0.2) is 0 Å². The van der Waals surface area contributed by atoms with Crippen LogP contribution in [0.1, 0.15) is 37.2 Å². The molecule has 98 valence electrons. The number of rotatable bonds is 4. The Bertz CT molecular complexity index is 364. The van der Waals surface area contributed by atoms with Crippen LogP contribution in [0.15, 0.2) is 30.3 Å². The summed E-state index contributed by atoms with van der Waals surface area (Å²) in [6.45, 7) is 3.26. The lowest BCUT2D eigenvalue weighted by molar-refractivity contribution is 0.0622. The summed E-state index contributed by atoms with van der Waals surface area (Å²) in [5, 5.41) is 0. The van der Waals surface area contributed by atoms with E-state index in [0.717, 1.165) is 18.4 Å². The van der Waals surface area contributed by atoms with Crippen molar-refractivity contribution in [2.24, 2.45) is 11.7 Å². The Morgan fingerprint density at radius 3 is 2.39 bits per heavy atom. The molecule has 0 bridgehead atoms. The number of benzene rings is 1. The van der Waals surface area contributed by atoms with E-state index in [1.807, 2.05) is 0 Å². The predicted octanol–water partition coefficient (Wildman–Crippen LogP) is 2.60. The van der Waals surface area contributed by atoms with Gasteiger partial charge in [-0.05, 0) is 24.3 Å². The first-order valence-corrected chi connectivity index (χ1v) is 7.37. The predicted molar refractivity (Wildman–Crippen MR) is 75.6 cm³/mol. The van der Waals surface area contributed by atoms with E-state index >= 15 is 0 Å². The van der Waals surface area contributed by atoms with Crippen LogP contribution in [0.5, 0.6) is 0 Å². The second-order valence-electron chi connectivity index (χ2n) is 5.91. The number of nitrogens with zero attached hydrogens (tertiary/aromatic N) is 1. The minimum absolute atomic E-state index is 0.646. The van der Waals surface area contributed by atoms with Gasteiger partial charge in [0, 0.05) is 31.6 Å². The third-order valence-corrected chi connectivity index (χ3v) is 4.84. The largest absolute Gasteiger partial charge is 0.329 e. The van der Waals surface area contributed by atoms with E-state index in [9.17, 15) is 0 Å². The molecule has 1 aliphatic carbocycles. The highest BCUT2D eigenvalue weighted by atomic mass is 15.2. The van der Waals surface area contributed by atoms with Crippen molar-refractivity contribution in [1.82, 2.24) is 4.90 Å². The zero-order valence-electron chi connectivity index (χ0n) is 11.1. The van der Waals surface area contributed by atoms with Crippen LogP contribution in [0.4, 0.5) is 0 Å². The van der Waals surface area contributed by atoms with Gasteiger partial charge in [0.25, 0.3) is 0 Å². The molecule has 2 nitrogen and oxygen atoms in total. The van der Waals surface area contributed by atoms with Crippen LogP contribution in [0, 0.1) is 5.92 Å². The van der Waals surface area contributed by atoms with Crippen molar-refractivity contribution in [2.45, 2.75) is 37.6 Å². The number of hydrogen-bond donors (Lipinski definition) is 1. The molecule has 0 amide bonds. The van der Waals surface area contributed by atoms with E-state index in [1.54, 1.807) is 0 Å². The Kier molecular flexibility index (Phi) is 3.67. The van der Waals surface area contributed by atoms with Gasteiger partial charge in [-0.25, -0.2) is 0 Å². The van der Waals surface area contributed by atoms with E-state index in [4.69, 9.17) is 5.73 Å². The SMILES string of the molecule is NCC(C1CCCC1)N1CC(c2ccccc2)C1. The lowest BCUT2D eigenvalue weighted by Gasteiger charge is -2.46. The molecule has 1 aromatic rings. The lowest BCUT2D eigenvalue weighted by atomic mass is 9.86. The molecule has 0 radical (unpaired) electrons. The van der Waals surface area contributed by atoms with Gasteiger partial charge in [-0.2, -0.15) is 0 Å². The van der Waals surface area contributed by atoms with Gasteiger partial charge in [-0.15, -0.1) is 0 Å². The van der Waals surface area contributed by atoms with Gasteiger partial charge in [0.05, 0.1) is 0 Å². The molecule has 1 saturated heterocycles. The van der Waals surface area contributed by atoms with E-state index in [2.05, 4.69) is 35.2 Å². The highest BCUT2D eigenvalue weighted by Gasteiger charge is 2.36. The zero-order valence-corrected chi connectivity index (χ0v) is 11.1. The fourth-order valence-corrected chi connectivity index (χ4v) is 3.70. The maximum Gasteiger partial charge on any atom is 0.0247 e. The summed E-state index contributed by atoms with van der Waals surface area (Å²) in [5.41, 5.74) is 7.50. The summed E-state index contributed by atoms with van der Waals surface area (Å²) in [4.78, 5) is 2.62. The van der Waals surface area contributed by atoms with Crippen molar-refractivity contribution < 1.29 is 0 Å². The number of nitrogens with two attached hydrogens (primary N) is 1.